The molecule has 0 spiro atoms. The normalized spacial score (nSPS) is 21.5. The molecule has 7 nitrogen and oxygen atoms in total. The van der Waals surface area contributed by atoms with Crippen LogP contribution in [-0.4, -0.2) is 59.3 Å². The van der Waals surface area contributed by atoms with Gasteiger partial charge in [-0.15, -0.1) is 0 Å². The number of nitrogens with zero attached hydrogens (tertiary/aromatic N) is 3. The van der Waals surface area contributed by atoms with Crippen molar-refractivity contribution < 1.29 is 27.2 Å². The Hall–Kier alpha value is -2.88. The van der Waals surface area contributed by atoms with Crippen molar-refractivity contribution in [2.75, 3.05) is 32.7 Å². The molecule has 10 heteroatoms. The first-order valence-corrected chi connectivity index (χ1v) is 10.00. The molecule has 2 aliphatic rings. The molecule has 0 aliphatic carbocycles. The third kappa shape index (κ3) is 4.58. The second kappa shape index (κ2) is 8.33. The summed E-state index contributed by atoms with van der Waals surface area (Å²) < 4.78 is 44.1. The predicted octanol–water partition coefficient (Wildman–Crippen LogP) is 2.44. The molecule has 31 heavy (non-hydrogen) atoms. The Morgan fingerprint density at radius 1 is 1.13 bits per heavy atom. The molecule has 0 bridgehead atoms. The second-order valence-electron chi connectivity index (χ2n) is 7.95. The van der Waals surface area contributed by atoms with E-state index in [9.17, 15) is 22.8 Å². The molecule has 2 fully saturated rings. The summed E-state index contributed by atoms with van der Waals surface area (Å²) >= 11 is 0. The average Bonchev–Trinajstić information content (AvgIpc) is 3.41. The third-order valence-corrected chi connectivity index (χ3v) is 5.77. The summed E-state index contributed by atoms with van der Waals surface area (Å²) in [5, 5.41) is 0. The Bertz CT molecular complexity index is 947. The zero-order valence-corrected chi connectivity index (χ0v) is 16.6. The van der Waals surface area contributed by atoms with Crippen molar-refractivity contribution >= 4 is 11.8 Å². The average molecular weight is 435 g/mol. The maximum atomic E-state index is 13.2. The molecular formula is C21H22F3N4O3. The number of carbonyl (C=O) groups excluding carboxylic acids is 2. The quantitative estimate of drug-likeness (QED) is 0.753. The minimum atomic E-state index is -4.95. The molecule has 2 saturated heterocycles. The van der Waals surface area contributed by atoms with Crippen molar-refractivity contribution in [3.63, 3.8) is 0 Å². The molecule has 0 saturated carbocycles. The number of halogens is 3. The fraction of sp³-hybridized carbons (Fsp3) is 0.429. The van der Waals surface area contributed by atoms with Crippen LogP contribution in [-0.2, 0) is 6.18 Å². The maximum absolute atomic E-state index is 13.2. The highest BCUT2D eigenvalue weighted by molar-refractivity contribution is 5.96. The van der Waals surface area contributed by atoms with E-state index >= 15 is 0 Å². The van der Waals surface area contributed by atoms with Gasteiger partial charge in [0, 0.05) is 26.2 Å². The molecule has 165 valence electrons. The van der Waals surface area contributed by atoms with Crippen molar-refractivity contribution in [2.24, 2.45) is 17.6 Å². The number of carbonyl (C=O) groups is 2. The molecule has 4 rings (SSSR count). The standard InChI is InChI=1S/C21H22F3N4O3/c22-21(23,24)17-16(26-19(31-17)18(25)29)20(30)28-11-14-9-27(10-15(14)12-28)8-4-7-13-5-2-1-3-6-13/h1-3,5-7,14-15H,4,8-12H2,(H2,25,29)/t14-,15?/m0/s1. The van der Waals surface area contributed by atoms with Crippen LogP contribution in [0.15, 0.2) is 34.7 Å². The first-order valence-electron chi connectivity index (χ1n) is 10.00. The number of benzene rings is 1. The Morgan fingerprint density at radius 2 is 1.77 bits per heavy atom. The van der Waals surface area contributed by atoms with Crippen LogP contribution >= 0.6 is 0 Å². The minimum Gasteiger partial charge on any atom is -0.427 e. The zero-order chi connectivity index (χ0) is 22.2. The van der Waals surface area contributed by atoms with E-state index < -0.39 is 35.3 Å². The zero-order valence-electron chi connectivity index (χ0n) is 16.6. The number of fused-ring (bicyclic) bond motifs is 1. The molecular weight excluding hydrogens is 413 g/mol. The lowest BCUT2D eigenvalue weighted by Gasteiger charge is -2.21. The second-order valence-corrected chi connectivity index (χ2v) is 7.95. The van der Waals surface area contributed by atoms with Crippen LogP contribution in [0.4, 0.5) is 13.2 Å². The number of hydrogen-bond donors (Lipinski definition) is 1. The van der Waals surface area contributed by atoms with Crippen LogP contribution in [0.3, 0.4) is 0 Å². The van der Waals surface area contributed by atoms with Gasteiger partial charge in [-0.1, -0.05) is 30.3 Å². The van der Waals surface area contributed by atoms with Gasteiger partial charge in [0.1, 0.15) is 0 Å². The molecule has 1 radical (unpaired) electrons. The Morgan fingerprint density at radius 3 is 2.35 bits per heavy atom. The summed E-state index contributed by atoms with van der Waals surface area (Å²) in [5.41, 5.74) is 5.23. The molecule has 2 aromatic rings. The highest BCUT2D eigenvalue weighted by atomic mass is 19.4. The summed E-state index contributed by atoms with van der Waals surface area (Å²) in [6, 6.07) is 10.0. The van der Waals surface area contributed by atoms with Crippen molar-refractivity contribution in [1.82, 2.24) is 14.8 Å². The molecule has 1 unspecified atom stereocenters. The van der Waals surface area contributed by atoms with E-state index in [0.717, 1.165) is 26.1 Å². The predicted molar refractivity (Wildman–Crippen MR) is 104 cm³/mol. The van der Waals surface area contributed by atoms with E-state index in [1.165, 1.54) is 10.5 Å². The van der Waals surface area contributed by atoms with Crippen LogP contribution in [0.5, 0.6) is 0 Å². The first-order chi connectivity index (χ1) is 14.7. The largest absolute Gasteiger partial charge is 0.452 e. The molecule has 3 heterocycles. The van der Waals surface area contributed by atoms with Crippen molar-refractivity contribution in [3.05, 3.63) is 59.7 Å². The molecule has 2 amide bonds. The van der Waals surface area contributed by atoms with Gasteiger partial charge >= 0.3 is 12.1 Å². The molecule has 2 aliphatic heterocycles. The van der Waals surface area contributed by atoms with Gasteiger partial charge in [-0.3, -0.25) is 9.59 Å². The number of oxazole rings is 1. The topological polar surface area (TPSA) is 92.7 Å². The van der Waals surface area contributed by atoms with Gasteiger partial charge in [0.05, 0.1) is 0 Å². The van der Waals surface area contributed by atoms with Gasteiger partial charge < -0.3 is 20.0 Å². The van der Waals surface area contributed by atoms with E-state index in [4.69, 9.17) is 5.73 Å². The number of alkyl halides is 3. The summed E-state index contributed by atoms with van der Waals surface area (Å²) in [6.45, 7) is 3.15. The number of nitrogens with two attached hydrogens (primary N) is 1. The van der Waals surface area contributed by atoms with Crippen LogP contribution in [0.1, 0.15) is 38.9 Å². The van der Waals surface area contributed by atoms with E-state index in [1.54, 1.807) is 0 Å². The lowest BCUT2D eigenvalue weighted by Crippen LogP contribution is -2.34. The summed E-state index contributed by atoms with van der Waals surface area (Å²) in [5.74, 6) is -4.26. The summed E-state index contributed by atoms with van der Waals surface area (Å²) in [6.07, 6.45) is -1.88. The fourth-order valence-electron chi connectivity index (χ4n) is 4.35. The number of hydrogen-bond acceptors (Lipinski definition) is 5. The van der Waals surface area contributed by atoms with Gasteiger partial charge in [0.25, 0.3) is 11.8 Å². The molecule has 1 aromatic carbocycles. The smallest absolute Gasteiger partial charge is 0.427 e. The monoisotopic (exact) mass is 435 g/mol. The number of likely N-dealkylation sites (tertiary alicyclic amines) is 2. The lowest BCUT2D eigenvalue weighted by molar-refractivity contribution is -0.153. The Kier molecular flexibility index (Phi) is 5.74. The SMILES string of the molecule is NC(=O)c1nc(C(=O)N2CC3CN(CC[CH]c4ccccc4)C[C@H]3C2)c(C(F)(F)F)o1. The van der Waals surface area contributed by atoms with Gasteiger partial charge in [0.15, 0.2) is 5.69 Å². The molecule has 1 aromatic heterocycles. The maximum Gasteiger partial charge on any atom is 0.452 e. The van der Waals surface area contributed by atoms with E-state index in [0.29, 0.717) is 13.1 Å². The summed E-state index contributed by atoms with van der Waals surface area (Å²) in [7, 11) is 0. The first kappa shape index (κ1) is 21.4. The van der Waals surface area contributed by atoms with Gasteiger partial charge in [0.2, 0.25) is 5.76 Å². The number of aromatic nitrogens is 1. The van der Waals surface area contributed by atoms with Crippen LogP contribution in [0, 0.1) is 18.3 Å². The van der Waals surface area contributed by atoms with Crippen molar-refractivity contribution in [2.45, 2.75) is 12.6 Å². The van der Waals surface area contributed by atoms with Crippen LogP contribution < -0.4 is 5.73 Å². The lowest BCUT2D eigenvalue weighted by atomic mass is 10.0. The van der Waals surface area contributed by atoms with E-state index in [1.807, 2.05) is 30.3 Å². The van der Waals surface area contributed by atoms with Gasteiger partial charge in [-0.25, -0.2) is 0 Å². The Labute approximate surface area is 177 Å². The third-order valence-electron chi connectivity index (χ3n) is 5.77. The number of amides is 2. The Balaban J connectivity index is 1.34. The highest BCUT2D eigenvalue weighted by Crippen LogP contribution is 2.36. The van der Waals surface area contributed by atoms with Crippen molar-refractivity contribution in [1.29, 1.82) is 0 Å². The van der Waals surface area contributed by atoms with E-state index in [-0.39, 0.29) is 11.8 Å². The fourth-order valence-corrected chi connectivity index (χ4v) is 4.35. The van der Waals surface area contributed by atoms with Crippen LogP contribution in [0.2, 0.25) is 0 Å². The van der Waals surface area contributed by atoms with Gasteiger partial charge in [-0.2, -0.15) is 18.2 Å². The molecule has 2 N–H and O–H groups in total. The summed E-state index contributed by atoms with van der Waals surface area (Å²) in [4.78, 5) is 31.0. The molecule has 2 atom stereocenters. The van der Waals surface area contributed by atoms with E-state index in [2.05, 4.69) is 20.7 Å². The minimum absolute atomic E-state index is 0.192. The van der Waals surface area contributed by atoms with Gasteiger partial charge in [-0.05, 0) is 36.8 Å². The van der Waals surface area contributed by atoms with Crippen LogP contribution in [0.25, 0.3) is 0 Å². The highest BCUT2D eigenvalue weighted by Gasteiger charge is 2.46. The number of primary amides is 1. The number of rotatable bonds is 6. The van der Waals surface area contributed by atoms with Crippen molar-refractivity contribution in [3.8, 4) is 0 Å².